The number of carbonyl (C=O) groups excluding carboxylic acids is 2. The number of amides is 1. The lowest BCUT2D eigenvalue weighted by Gasteiger charge is -2.04. The number of rotatable bonds is 4. The normalized spacial score (nSPS) is 10.6. The van der Waals surface area contributed by atoms with E-state index in [2.05, 4.69) is 32.6 Å². The Balaban J connectivity index is 2.16. The smallest absolute Gasteiger partial charge is 0.337 e. The molecule has 0 bridgehead atoms. The minimum Gasteiger partial charge on any atom is -0.465 e. The van der Waals surface area contributed by atoms with Gasteiger partial charge in [-0.3, -0.25) is 4.79 Å². The lowest BCUT2D eigenvalue weighted by Crippen LogP contribution is -2.13. The molecule has 24 heavy (non-hydrogen) atoms. The first-order valence-electron chi connectivity index (χ1n) is 6.90. The molecule has 1 N–H and O–H groups in total. The third kappa shape index (κ3) is 4.67. The number of benzene rings is 2. The topological polar surface area (TPSA) is 79.2 Å². The van der Waals surface area contributed by atoms with E-state index in [1.54, 1.807) is 36.4 Å². The van der Waals surface area contributed by atoms with E-state index in [0.29, 0.717) is 16.8 Å². The summed E-state index contributed by atoms with van der Waals surface area (Å²) in [6.45, 7) is 0. The van der Waals surface area contributed by atoms with Gasteiger partial charge < -0.3 is 10.1 Å². The summed E-state index contributed by atoms with van der Waals surface area (Å²) in [6.07, 6.45) is 1.46. The second-order valence-corrected chi connectivity index (χ2v) is 5.99. The van der Waals surface area contributed by atoms with Gasteiger partial charge in [-0.15, -0.1) is 0 Å². The van der Waals surface area contributed by atoms with Gasteiger partial charge in [-0.1, -0.05) is 12.1 Å². The van der Waals surface area contributed by atoms with Crippen LogP contribution in [0.1, 0.15) is 15.9 Å². The average Bonchev–Trinajstić information content (AvgIpc) is 2.61. The molecular formula is C18H13IN2O3. The highest BCUT2D eigenvalue weighted by molar-refractivity contribution is 14.1. The van der Waals surface area contributed by atoms with Crippen LogP contribution in [-0.4, -0.2) is 19.0 Å². The number of halogens is 1. The molecule has 0 unspecified atom stereocenters. The van der Waals surface area contributed by atoms with E-state index in [4.69, 9.17) is 0 Å². The molecule has 0 aliphatic carbocycles. The highest BCUT2D eigenvalue weighted by Gasteiger charge is 2.10. The zero-order valence-corrected chi connectivity index (χ0v) is 14.9. The molecule has 2 rings (SSSR count). The second kappa shape index (κ2) is 8.26. The van der Waals surface area contributed by atoms with E-state index in [1.165, 1.54) is 13.2 Å². The Kier molecular flexibility index (Phi) is 6.09. The molecule has 120 valence electrons. The molecule has 0 aliphatic rings. The predicted octanol–water partition coefficient (Wildman–Crippen LogP) is 3.62. The summed E-state index contributed by atoms with van der Waals surface area (Å²) < 4.78 is 5.67. The van der Waals surface area contributed by atoms with Gasteiger partial charge in [-0.05, 0) is 70.6 Å². The van der Waals surface area contributed by atoms with Crippen LogP contribution in [-0.2, 0) is 9.53 Å². The molecule has 0 spiro atoms. The van der Waals surface area contributed by atoms with Crippen molar-refractivity contribution in [2.45, 2.75) is 0 Å². The number of ether oxygens (including phenoxy) is 1. The summed E-state index contributed by atoms with van der Waals surface area (Å²) >= 11 is 2.17. The van der Waals surface area contributed by atoms with Crippen molar-refractivity contribution in [3.8, 4) is 6.07 Å². The Morgan fingerprint density at radius 3 is 2.29 bits per heavy atom. The minimum absolute atomic E-state index is 0.0284. The first-order valence-corrected chi connectivity index (χ1v) is 7.98. The largest absolute Gasteiger partial charge is 0.465 e. The predicted molar refractivity (Wildman–Crippen MR) is 99.2 cm³/mol. The van der Waals surface area contributed by atoms with E-state index in [9.17, 15) is 14.9 Å². The van der Waals surface area contributed by atoms with Crippen molar-refractivity contribution < 1.29 is 14.3 Å². The summed E-state index contributed by atoms with van der Waals surface area (Å²) in [5.41, 5.74) is 1.62. The molecule has 1 amide bonds. The summed E-state index contributed by atoms with van der Waals surface area (Å²) in [4.78, 5) is 23.6. The van der Waals surface area contributed by atoms with Crippen LogP contribution in [0.3, 0.4) is 0 Å². The molecule has 2 aromatic rings. The molecule has 2 aromatic carbocycles. The SMILES string of the molecule is COC(=O)c1ccc(/C=C(\C#N)C(=O)Nc2ccc(I)cc2)cc1. The summed E-state index contributed by atoms with van der Waals surface area (Å²) in [5.74, 6) is -0.932. The summed E-state index contributed by atoms with van der Waals surface area (Å²) in [6, 6.07) is 15.6. The number of nitriles is 1. The van der Waals surface area contributed by atoms with Crippen LogP contribution in [0.5, 0.6) is 0 Å². The molecule has 0 aromatic heterocycles. The number of nitrogens with one attached hydrogen (secondary N) is 1. The third-order valence-electron chi connectivity index (χ3n) is 3.11. The maximum absolute atomic E-state index is 12.2. The van der Waals surface area contributed by atoms with Crippen LogP contribution in [0.4, 0.5) is 5.69 Å². The first-order chi connectivity index (χ1) is 11.5. The fourth-order valence-corrected chi connectivity index (χ4v) is 2.24. The number of carbonyl (C=O) groups is 2. The second-order valence-electron chi connectivity index (χ2n) is 4.74. The van der Waals surface area contributed by atoms with Crippen LogP contribution in [0, 0.1) is 14.9 Å². The van der Waals surface area contributed by atoms with E-state index >= 15 is 0 Å². The molecular weight excluding hydrogens is 419 g/mol. The maximum Gasteiger partial charge on any atom is 0.337 e. The van der Waals surface area contributed by atoms with E-state index < -0.39 is 11.9 Å². The van der Waals surface area contributed by atoms with Crippen molar-refractivity contribution in [1.29, 1.82) is 5.26 Å². The Hall–Kier alpha value is -2.66. The fourth-order valence-electron chi connectivity index (χ4n) is 1.88. The molecule has 0 saturated heterocycles. The van der Waals surface area contributed by atoms with Crippen LogP contribution in [0.25, 0.3) is 6.08 Å². The molecule has 0 fully saturated rings. The highest BCUT2D eigenvalue weighted by atomic mass is 127. The lowest BCUT2D eigenvalue weighted by molar-refractivity contribution is -0.112. The number of hydrogen-bond donors (Lipinski definition) is 1. The van der Waals surface area contributed by atoms with E-state index in [1.807, 2.05) is 18.2 Å². The lowest BCUT2D eigenvalue weighted by atomic mass is 10.1. The van der Waals surface area contributed by atoms with Crippen LogP contribution >= 0.6 is 22.6 Å². The van der Waals surface area contributed by atoms with Gasteiger partial charge in [0.15, 0.2) is 0 Å². The monoisotopic (exact) mass is 432 g/mol. The maximum atomic E-state index is 12.2. The zero-order valence-electron chi connectivity index (χ0n) is 12.7. The van der Waals surface area contributed by atoms with Gasteiger partial charge in [0.2, 0.25) is 0 Å². The average molecular weight is 432 g/mol. The van der Waals surface area contributed by atoms with E-state index in [-0.39, 0.29) is 5.57 Å². The summed E-state index contributed by atoms with van der Waals surface area (Å²) in [7, 11) is 1.30. The van der Waals surface area contributed by atoms with Crippen molar-refractivity contribution in [1.82, 2.24) is 0 Å². The number of methoxy groups -OCH3 is 1. The highest BCUT2D eigenvalue weighted by Crippen LogP contribution is 2.14. The minimum atomic E-state index is -0.490. The Bertz CT molecular complexity index is 819. The Labute approximate surface area is 153 Å². The molecule has 0 atom stereocenters. The molecule has 5 nitrogen and oxygen atoms in total. The van der Waals surface area contributed by atoms with Crippen LogP contribution in [0.15, 0.2) is 54.1 Å². The standard InChI is InChI=1S/C18H13IN2O3/c1-24-18(23)13-4-2-12(3-5-13)10-14(11-20)17(22)21-16-8-6-15(19)7-9-16/h2-10H,1H3,(H,21,22)/b14-10+. The van der Waals surface area contributed by atoms with Crippen molar-refractivity contribution in [3.63, 3.8) is 0 Å². The fraction of sp³-hybridized carbons (Fsp3) is 0.0556. The van der Waals surface area contributed by atoms with Crippen molar-refractivity contribution >= 4 is 46.2 Å². The van der Waals surface area contributed by atoms with E-state index in [0.717, 1.165) is 3.57 Å². The van der Waals surface area contributed by atoms with Crippen molar-refractivity contribution in [3.05, 3.63) is 68.8 Å². The molecule has 6 heteroatoms. The van der Waals surface area contributed by atoms with Gasteiger partial charge in [0, 0.05) is 9.26 Å². The number of hydrogen-bond acceptors (Lipinski definition) is 4. The van der Waals surface area contributed by atoms with Gasteiger partial charge in [0.05, 0.1) is 12.7 Å². The molecule has 0 saturated carbocycles. The Morgan fingerprint density at radius 1 is 1.12 bits per heavy atom. The van der Waals surface area contributed by atoms with Gasteiger partial charge in [0.25, 0.3) is 5.91 Å². The quantitative estimate of drug-likeness (QED) is 0.347. The van der Waals surface area contributed by atoms with Crippen molar-refractivity contribution in [2.75, 3.05) is 12.4 Å². The molecule has 0 aliphatic heterocycles. The molecule has 0 heterocycles. The van der Waals surface area contributed by atoms with Crippen LogP contribution < -0.4 is 5.32 Å². The molecule has 0 radical (unpaired) electrons. The third-order valence-corrected chi connectivity index (χ3v) is 3.83. The van der Waals surface area contributed by atoms with Crippen molar-refractivity contribution in [2.24, 2.45) is 0 Å². The number of nitrogens with zero attached hydrogens (tertiary/aromatic N) is 1. The van der Waals surface area contributed by atoms with Gasteiger partial charge in [-0.25, -0.2) is 4.79 Å². The first kappa shape index (κ1) is 17.7. The number of esters is 1. The van der Waals surface area contributed by atoms with Crippen LogP contribution in [0.2, 0.25) is 0 Å². The van der Waals surface area contributed by atoms with Gasteiger partial charge >= 0.3 is 5.97 Å². The zero-order chi connectivity index (χ0) is 17.5. The summed E-state index contributed by atoms with van der Waals surface area (Å²) in [5, 5.41) is 11.9. The Morgan fingerprint density at radius 2 is 1.75 bits per heavy atom. The van der Waals surface area contributed by atoms with Gasteiger partial charge in [0.1, 0.15) is 11.6 Å². The van der Waals surface area contributed by atoms with Gasteiger partial charge in [-0.2, -0.15) is 5.26 Å². The number of anilines is 1.